The zero-order valence-electron chi connectivity index (χ0n) is 11.9. The Hall–Kier alpha value is -1.76. The number of aryl methyl sites for hydroxylation is 2. The van der Waals surface area contributed by atoms with Crippen LogP contribution in [0.4, 0.5) is 0 Å². The molecule has 0 saturated carbocycles. The molecule has 2 rings (SSSR count). The van der Waals surface area contributed by atoms with E-state index in [2.05, 4.69) is 15.5 Å². The Kier molecular flexibility index (Phi) is 4.49. The Morgan fingerprint density at radius 1 is 1.35 bits per heavy atom. The summed E-state index contributed by atoms with van der Waals surface area (Å²) in [6, 6.07) is 1.97. The van der Waals surface area contributed by atoms with Gasteiger partial charge in [-0.15, -0.1) is 10.2 Å². The van der Waals surface area contributed by atoms with Crippen LogP contribution < -0.4 is 5.32 Å². The van der Waals surface area contributed by atoms with Crippen molar-refractivity contribution in [1.29, 1.82) is 0 Å². The molecule has 0 atom stereocenters. The van der Waals surface area contributed by atoms with Crippen molar-refractivity contribution in [3.05, 3.63) is 17.6 Å². The summed E-state index contributed by atoms with van der Waals surface area (Å²) in [6.45, 7) is 7.53. The van der Waals surface area contributed by atoms with Crippen molar-refractivity contribution < 1.29 is 13.6 Å². The highest BCUT2D eigenvalue weighted by Crippen LogP contribution is 2.27. The predicted octanol–water partition coefficient (Wildman–Crippen LogP) is 2.56. The van der Waals surface area contributed by atoms with E-state index < -0.39 is 0 Å². The van der Waals surface area contributed by atoms with Crippen molar-refractivity contribution in [3.63, 3.8) is 0 Å². The molecule has 20 heavy (non-hydrogen) atoms. The number of rotatable bonds is 5. The zero-order valence-corrected chi connectivity index (χ0v) is 12.7. The summed E-state index contributed by atoms with van der Waals surface area (Å²) in [5.41, 5.74) is 0.786. The minimum Gasteiger partial charge on any atom is -0.466 e. The summed E-state index contributed by atoms with van der Waals surface area (Å²) in [6.07, 6.45) is 0. The summed E-state index contributed by atoms with van der Waals surface area (Å²) in [5.74, 6) is 2.14. The maximum atomic E-state index is 11.5. The van der Waals surface area contributed by atoms with Crippen molar-refractivity contribution in [2.24, 2.45) is 0 Å². The summed E-state index contributed by atoms with van der Waals surface area (Å²) >= 11 is 1.22. The fraction of sp³-hybridized carbons (Fsp3) is 0.462. The predicted molar refractivity (Wildman–Crippen MR) is 75.5 cm³/mol. The lowest BCUT2D eigenvalue weighted by Gasteiger charge is -2.06. The van der Waals surface area contributed by atoms with Gasteiger partial charge in [-0.05, 0) is 33.8 Å². The molecular weight excluding hydrogens is 278 g/mol. The second-order valence-corrected chi connectivity index (χ2v) is 5.64. The molecule has 0 aliphatic heterocycles. The highest BCUT2D eigenvalue weighted by atomic mass is 32.2. The smallest absolute Gasteiger partial charge is 0.277 e. The van der Waals surface area contributed by atoms with E-state index >= 15 is 0 Å². The summed E-state index contributed by atoms with van der Waals surface area (Å²) in [7, 11) is 0. The van der Waals surface area contributed by atoms with E-state index in [-0.39, 0.29) is 17.7 Å². The van der Waals surface area contributed by atoms with Crippen molar-refractivity contribution in [3.8, 4) is 11.5 Å². The molecule has 108 valence electrons. The van der Waals surface area contributed by atoms with Gasteiger partial charge in [0.15, 0.2) is 0 Å². The van der Waals surface area contributed by atoms with Crippen LogP contribution in [0.25, 0.3) is 11.5 Å². The average molecular weight is 295 g/mol. The molecule has 1 N–H and O–H groups in total. The van der Waals surface area contributed by atoms with Crippen LogP contribution in [-0.4, -0.2) is 27.9 Å². The van der Waals surface area contributed by atoms with Gasteiger partial charge in [0.05, 0.1) is 11.3 Å². The molecule has 0 spiro atoms. The normalized spacial score (nSPS) is 11.1. The van der Waals surface area contributed by atoms with Gasteiger partial charge < -0.3 is 14.2 Å². The monoisotopic (exact) mass is 295 g/mol. The molecule has 6 nitrogen and oxygen atoms in total. The third kappa shape index (κ3) is 3.63. The lowest BCUT2D eigenvalue weighted by atomic mass is 10.2. The number of amides is 1. The second-order valence-electron chi connectivity index (χ2n) is 4.71. The maximum Gasteiger partial charge on any atom is 0.277 e. The lowest BCUT2D eigenvalue weighted by molar-refractivity contribution is -0.119. The van der Waals surface area contributed by atoms with Crippen molar-refractivity contribution in [2.45, 2.75) is 39.0 Å². The molecule has 0 radical (unpaired) electrons. The van der Waals surface area contributed by atoms with E-state index in [9.17, 15) is 4.79 Å². The Labute approximate surface area is 121 Å². The van der Waals surface area contributed by atoms with Crippen LogP contribution in [0.15, 0.2) is 20.1 Å². The fourth-order valence-electron chi connectivity index (χ4n) is 1.71. The SMILES string of the molecule is Cc1cc(-c2nnc(SCC(=O)NC(C)C)o2)c(C)o1. The first-order valence-electron chi connectivity index (χ1n) is 6.28. The van der Waals surface area contributed by atoms with Gasteiger partial charge in [0.1, 0.15) is 11.5 Å². The molecule has 2 aromatic heterocycles. The van der Waals surface area contributed by atoms with Crippen LogP contribution in [0.2, 0.25) is 0 Å². The molecule has 0 aliphatic carbocycles. The highest BCUT2D eigenvalue weighted by molar-refractivity contribution is 7.99. The number of nitrogens with zero attached hydrogens (tertiary/aromatic N) is 2. The quantitative estimate of drug-likeness (QED) is 0.854. The molecule has 7 heteroatoms. The molecule has 2 heterocycles. The summed E-state index contributed by atoms with van der Waals surface area (Å²) in [5, 5.41) is 11.1. The lowest BCUT2D eigenvalue weighted by Crippen LogP contribution is -2.31. The highest BCUT2D eigenvalue weighted by Gasteiger charge is 2.15. The Morgan fingerprint density at radius 2 is 2.10 bits per heavy atom. The van der Waals surface area contributed by atoms with E-state index in [4.69, 9.17) is 8.83 Å². The molecule has 1 amide bonds. The largest absolute Gasteiger partial charge is 0.466 e. The van der Waals surface area contributed by atoms with E-state index in [0.717, 1.165) is 17.1 Å². The first-order chi connectivity index (χ1) is 9.45. The van der Waals surface area contributed by atoms with Gasteiger partial charge in [-0.2, -0.15) is 0 Å². The number of hydrogen-bond donors (Lipinski definition) is 1. The molecule has 0 aliphatic rings. The van der Waals surface area contributed by atoms with E-state index in [0.29, 0.717) is 11.1 Å². The molecule has 2 aromatic rings. The first kappa shape index (κ1) is 14.6. The average Bonchev–Trinajstić information content (AvgIpc) is 2.92. The van der Waals surface area contributed by atoms with E-state index in [1.807, 2.05) is 33.8 Å². The number of carbonyl (C=O) groups is 1. The van der Waals surface area contributed by atoms with Crippen LogP contribution in [0.1, 0.15) is 25.4 Å². The third-order valence-electron chi connectivity index (χ3n) is 2.45. The Bertz CT molecular complexity index is 604. The van der Waals surface area contributed by atoms with Gasteiger partial charge in [0, 0.05) is 6.04 Å². The first-order valence-corrected chi connectivity index (χ1v) is 7.27. The summed E-state index contributed by atoms with van der Waals surface area (Å²) < 4.78 is 10.9. The summed E-state index contributed by atoms with van der Waals surface area (Å²) in [4.78, 5) is 11.5. The number of furan rings is 1. The molecule has 0 unspecified atom stereocenters. The number of nitrogens with one attached hydrogen (secondary N) is 1. The van der Waals surface area contributed by atoms with Crippen LogP contribution >= 0.6 is 11.8 Å². The van der Waals surface area contributed by atoms with Gasteiger partial charge >= 0.3 is 0 Å². The van der Waals surface area contributed by atoms with Gasteiger partial charge in [-0.3, -0.25) is 4.79 Å². The van der Waals surface area contributed by atoms with E-state index in [1.165, 1.54) is 11.8 Å². The number of thioether (sulfide) groups is 1. The Balaban J connectivity index is 1.99. The number of aromatic nitrogens is 2. The number of hydrogen-bond acceptors (Lipinski definition) is 6. The molecule has 0 bridgehead atoms. The zero-order chi connectivity index (χ0) is 14.7. The van der Waals surface area contributed by atoms with Crippen LogP contribution in [-0.2, 0) is 4.79 Å². The maximum absolute atomic E-state index is 11.5. The molecular formula is C13H17N3O3S. The van der Waals surface area contributed by atoms with Gasteiger partial charge in [0.25, 0.3) is 11.1 Å². The van der Waals surface area contributed by atoms with E-state index in [1.54, 1.807) is 0 Å². The molecule has 0 aromatic carbocycles. The van der Waals surface area contributed by atoms with Gasteiger partial charge in [0.2, 0.25) is 5.91 Å². The van der Waals surface area contributed by atoms with Gasteiger partial charge in [-0.25, -0.2) is 0 Å². The van der Waals surface area contributed by atoms with Gasteiger partial charge in [-0.1, -0.05) is 11.8 Å². The molecule has 0 saturated heterocycles. The van der Waals surface area contributed by atoms with Crippen LogP contribution in [0.3, 0.4) is 0 Å². The second kappa shape index (κ2) is 6.13. The third-order valence-corrected chi connectivity index (χ3v) is 3.27. The molecule has 0 fully saturated rings. The van der Waals surface area contributed by atoms with Crippen molar-refractivity contribution in [2.75, 3.05) is 5.75 Å². The Morgan fingerprint density at radius 3 is 2.70 bits per heavy atom. The van der Waals surface area contributed by atoms with Crippen LogP contribution in [0, 0.1) is 13.8 Å². The minimum atomic E-state index is -0.0555. The fourth-order valence-corrected chi connectivity index (χ4v) is 2.29. The van der Waals surface area contributed by atoms with Crippen molar-refractivity contribution in [1.82, 2.24) is 15.5 Å². The topological polar surface area (TPSA) is 81.2 Å². The standard InChI is InChI=1S/C13H17N3O3S/c1-7(2)14-11(17)6-20-13-16-15-12(19-13)10-5-8(3)18-9(10)4/h5,7H,6H2,1-4H3,(H,14,17). The number of carbonyl (C=O) groups excluding carboxylic acids is 1. The van der Waals surface area contributed by atoms with Crippen molar-refractivity contribution >= 4 is 17.7 Å². The minimum absolute atomic E-state index is 0.0555. The van der Waals surface area contributed by atoms with Crippen LogP contribution in [0.5, 0.6) is 0 Å².